The van der Waals surface area contributed by atoms with Crippen molar-refractivity contribution in [1.82, 2.24) is 0 Å². The van der Waals surface area contributed by atoms with Gasteiger partial charge in [0.15, 0.2) is 11.5 Å². The van der Waals surface area contributed by atoms with Crippen LogP contribution in [0, 0.1) is 0 Å². The maximum absolute atomic E-state index is 11.4. The van der Waals surface area contributed by atoms with Gasteiger partial charge in [-0.2, -0.15) is 0 Å². The fraction of sp³-hybridized carbons (Fsp3) is 0.333. The minimum absolute atomic E-state index is 0.0751. The summed E-state index contributed by atoms with van der Waals surface area (Å²) < 4.78 is 5.09. The Hall–Kier alpha value is -1.36. The molecule has 0 amide bonds. The van der Waals surface area contributed by atoms with Crippen molar-refractivity contribution in [3.8, 4) is 5.75 Å². The van der Waals surface area contributed by atoms with Crippen LogP contribution >= 0.6 is 15.9 Å². The molecule has 0 saturated carbocycles. The highest BCUT2D eigenvalue weighted by molar-refractivity contribution is 9.09. The monoisotopic (exact) mass is 299 g/mol. The van der Waals surface area contributed by atoms with Gasteiger partial charge in [-0.25, -0.2) is 0 Å². The van der Waals surface area contributed by atoms with E-state index < -0.39 is 0 Å². The van der Waals surface area contributed by atoms with Crippen LogP contribution in [0.25, 0.3) is 0 Å². The van der Waals surface area contributed by atoms with Crippen LogP contribution in [-0.2, 0) is 4.79 Å². The summed E-state index contributed by atoms with van der Waals surface area (Å²) in [4.78, 5) is 22.5. The quantitative estimate of drug-likeness (QED) is 0.298. The van der Waals surface area contributed by atoms with E-state index in [0.29, 0.717) is 29.8 Å². The van der Waals surface area contributed by atoms with Crippen LogP contribution in [0.5, 0.6) is 5.75 Å². The Kier molecular flexibility index (Phi) is 5.15. The number of halogens is 1. The zero-order valence-electron chi connectivity index (χ0n) is 9.53. The second kappa shape index (κ2) is 6.39. The first kappa shape index (κ1) is 13.7. The minimum atomic E-state index is -0.327. The summed E-state index contributed by atoms with van der Waals surface area (Å²) in [5.74, 6) is -0.102. The van der Waals surface area contributed by atoms with Gasteiger partial charge in [0.2, 0.25) is 0 Å². The third-order valence-electron chi connectivity index (χ3n) is 2.15. The van der Waals surface area contributed by atoms with Gasteiger partial charge in [-0.3, -0.25) is 9.59 Å². The molecule has 0 aliphatic rings. The van der Waals surface area contributed by atoms with Gasteiger partial charge >= 0.3 is 5.97 Å². The first-order valence-corrected chi connectivity index (χ1v) is 6.34. The highest BCUT2D eigenvalue weighted by Crippen LogP contribution is 2.23. The van der Waals surface area contributed by atoms with Crippen molar-refractivity contribution in [3.63, 3.8) is 0 Å². The highest BCUT2D eigenvalue weighted by Gasteiger charge is 2.09. The first-order chi connectivity index (χ1) is 8.04. The SMILES string of the molecule is CC(=O)c1ccc(OC(=O)CCCBr)c(N)c1. The van der Waals surface area contributed by atoms with Crippen LogP contribution < -0.4 is 10.5 Å². The molecule has 0 aliphatic heterocycles. The predicted molar refractivity (Wildman–Crippen MR) is 69.5 cm³/mol. The van der Waals surface area contributed by atoms with Gasteiger partial charge in [0.1, 0.15) is 0 Å². The molecule has 0 fully saturated rings. The van der Waals surface area contributed by atoms with E-state index >= 15 is 0 Å². The van der Waals surface area contributed by atoms with E-state index in [1.54, 1.807) is 6.07 Å². The molecule has 0 aliphatic carbocycles. The molecular formula is C12H14BrNO3. The van der Waals surface area contributed by atoms with Gasteiger partial charge in [-0.1, -0.05) is 15.9 Å². The number of ketones is 1. The molecule has 2 N–H and O–H groups in total. The Labute approximate surface area is 108 Å². The molecule has 0 heterocycles. The largest absolute Gasteiger partial charge is 0.424 e. The van der Waals surface area contributed by atoms with Gasteiger partial charge in [0.25, 0.3) is 0 Å². The number of hydrogen-bond acceptors (Lipinski definition) is 4. The summed E-state index contributed by atoms with van der Waals surface area (Å²) in [6, 6.07) is 4.64. The fourth-order valence-corrected chi connectivity index (χ4v) is 1.53. The number of carbonyl (C=O) groups is 2. The Balaban J connectivity index is 2.72. The zero-order chi connectivity index (χ0) is 12.8. The number of anilines is 1. The number of benzene rings is 1. The van der Waals surface area contributed by atoms with Crippen molar-refractivity contribution in [3.05, 3.63) is 23.8 Å². The van der Waals surface area contributed by atoms with Crippen molar-refractivity contribution in [1.29, 1.82) is 0 Å². The van der Waals surface area contributed by atoms with Gasteiger partial charge in [0, 0.05) is 17.3 Å². The molecular weight excluding hydrogens is 286 g/mol. The average Bonchev–Trinajstić information content (AvgIpc) is 2.28. The van der Waals surface area contributed by atoms with Crippen LogP contribution in [0.15, 0.2) is 18.2 Å². The molecule has 0 unspecified atom stereocenters. The van der Waals surface area contributed by atoms with Crippen LogP contribution in [0.2, 0.25) is 0 Å². The van der Waals surface area contributed by atoms with Crippen molar-refractivity contribution in [2.75, 3.05) is 11.1 Å². The maximum atomic E-state index is 11.4. The van der Waals surface area contributed by atoms with Crippen molar-refractivity contribution < 1.29 is 14.3 Å². The summed E-state index contributed by atoms with van der Waals surface area (Å²) in [7, 11) is 0. The Bertz CT molecular complexity index is 432. The van der Waals surface area contributed by atoms with E-state index in [0.717, 1.165) is 5.33 Å². The summed E-state index contributed by atoms with van der Waals surface area (Å²) >= 11 is 3.23. The summed E-state index contributed by atoms with van der Waals surface area (Å²) in [5.41, 5.74) is 6.50. The Morgan fingerprint density at radius 2 is 2.12 bits per heavy atom. The molecule has 1 aromatic carbocycles. The lowest BCUT2D eigenvalue weighted by atomic mass is 10.1. The van der Waals surface area contributed by atoms with E-state index in [9.17, 15) is 9.59 Å². The summed E-state index contributed by atoms with van der Waals surface area (Å²) in [5, 5.41) is 0.751. The molecule has 17 heavy (non-hydrogen) atoms. The van der Waals surface area contributed by atoms with Crippen LogP contribution in [0.3, 0.4) is 0 Å². The second-order valence-electron chi connectivity index (χ2n) is 3.58. The molecule has 5 heteroatoms. The lowest BCUT2D eigenvalue weighted by Gasteiger charge is -2.07. The lowest BCUT2D eigenvalue weighted by molar-refractivity contribution is -0.134. The van der Waals surface area contributed by atoms with Crippen molar-refractivity contribution in [2.24, 2.45) is 0 Å². The number of esters is 1. The predicted octanol–water partition coefficient (Wildman–Crippen LogP) is 2.55. The highest BCUT2D eigenvalue weighted by atomic mass is 79.9. The average molecular weight is 300 g/mol. The molecule has 0 spiro atoms. The fourth-order valence-electron chi connectivity index (χ4n) is 1.25. The molecule has 4 nitrogen and oxygen atoms in total. The number of nitrogen functional groups attached to an aromatic ring is 1. The van der Waals surface area contributed by atoms with Crippen molar-refractivity contribution in [2.45, 2.75) is 19.8 Å². The molecule has 0 bridgehead atoms. The molecule has 92 valence electrons. The van der Waals surface area contributed by atoms with Crippen LogP contribution in [0.1, 0.15) is 30.1 Å². The Morgan fingerprint density at radius 3 is 2.65 bits per heavy atom. The first-order valence-electron chi connectivity index (χ1n) is 5.21. The molecule has 1 rings (SSSR count). The van der Waals surface area contributed by atoms with Crippen LogP contribution in [-0.4, -0.2) is 17.1 Å². The topological polar surface area (TPSA) is 69.4 Å². The van der Waals surface area contributed by atoms with E-state index in [1.807, 2.05) is 0 Å². The second-order valence-corrected chi connectivity index (χ2v) is 4.37. The number of rotatable bonds is 5. The molecule has 0 aromatic heterocycles. The normalized spacial score (nSPS) is 10.0. The molecule has 1 aromatic rings. The molecule has 0 saturated heterocycles. The number of Topliss-reactive ketones (excluding diaryl/α,β-unsaturated/α-hetero) is 1. The van der Waals surface area contributed by atoms with E-state index in [1.165, 1.54) is 19.1 Å². The maximum Gasteiger partial charge on any atom is 0.311 e. The third kappa shape index (κ3) is 4.19. The third-order valence-corrected chi connectivity index (χ3v) is 2.72. The summed E-state index contributed by atoms with van der Waals surface area (Å²) in [6.45, 7) is 1.45. The van der Waals surface area contributed by atoms with Crippen LogP contribution in [0.4, 0.5) is 5.69 Å². The number of carbonyl (C=O) groups excluding carboxylic acids is 2. The van der Waals surface area contributed by atoms with Crippen molar-refractivity contribution >= 4 is 33.4 Å². The van der Waals surface area contributed by atoms with E-state index in [-0.39, 0.29) is 11.8 Å². The van der Waals surface area contributed by atoms with Gasteiger partial charge in [-0.05, 0) is 31.5 Å². The lowest BCUT2D eigenvalue weighted by Crippen LogP contribution is -2.09. The number of nitrogens with two attached hydrogens (primary N) is 1. The zero-order valence-corrected chi connectivity index (χ0v) is 11.1. The standard InChI is InChI=1S/C12H14BrNO3/c1-8(15)9-4-5-11(10(14)7-9)17-12(16)3-2-6-13/h4-5,7H,2-3,6,14H2,1H3. The molecule has 0 atom stereocenters. The van der Waals surface area contributed by atoms with Gasteiger partial charge in [-0.15, -0.1) is 0 Å². The van der Waals surface area contributed by atoms with Gasteiger partial charge in [0.05, 0.1) is 5.69 Å². The smallest absolute Gasteiger partial charge is 0.311 e. The van der Waals surface area contributed by atoms with E-state index in [2.05, 4.69) is 15.9 Å². The Morgan fingerprint density at radius 1 is 1.41 bits per heavy atom. The summed E-state index contributed by atoms with van der Waals surface area (Å²) in [6.07, 6.45) is 1.05. The number of alkyl halides is 1. The van der Waals surface area contributed by atoms with Gasteiger partial charge < -0.3 is 10.5 Å². The number of ether oxygens (including phenoxy) is 1. The molecule has 0 radical (unpaired) electrons. The minimum Gasteiger partial charge on any atom is -0.424 e. The number of hydrogen-bond donors (Lipinski definition) is 1. The van der Waals surface area contributed by atoms with E-state index in [4.69, 9.17) is 10.5 Å².